The Morgan fingerprint density at radius 2 is 1.33 bits per heavy atom. The van der Waals surface area contributed by atoms with Crippen LogP contribution in [0.25, 0.3) is 53.4 Å². The highest BCUT2D eigenvalue weighted by molar-refractivity contribution is 7.27. The number of anilines is 3. The van der Waals surface area contributed by atoms with Crippen LogP contribution in [-0.4, -0.2) is 9.55 Å². The molecule has 5 heteroatoms. The molecule has 4 aromatic heterocycles. The third-order valence-corrected chi connectivity index (χ3v) is 11.4. The van der Waals surface area contributed by atoms with Crippen molar-refractivity contribution in [3.63, 3.8) is 0 Å². The molecule has 0 saturated heterocycles. The molecular weight excluding hydrogens is 623 g/mol. The Morgan fingerprint density at radius 1 is 0.604 bits per heavy atom. The van der Waals surface area contributed by atoms with E-state index < -0.39 is 0 Å². The molecule has 230 valence electrons. The van der Waals surface area contributed by atoms with E-state index in [9.17, 15) is 0 Å². The normalized spacial score (nSPS) is 12.9. The van der Waals surface area contributed by atoms with Crippen molar-refractivity contribution in [2.24, 2.45) is 0 Å². The molecule has 3 nitrogen and oxygen atoms in total. The summed E-state index contributed by atoms with van der Waals surface area (Å²) in [6.07, 6.45) is 10.7. The number of allylic oxidation sites excluding steroid dienone is 4. The minimum atomic E-state index is 0.938. The van der Waals surface area contributed by atoms with Crippen molar-refractivity contribution in [1.29, 1.82) is 0 Å². The van der Waals surface area contributed by atoms with E-state index in [2.05, 4.69) is 161 Å². The molecule has 9 rings (SSSR count). The van der Waals surface area contributed by atoms with Gasteiger partial charge in [0.1, 0.15) is 10.8 Å². The summed E-state index contributed by atoms with van der Waals surface area (Å²) in [5, 5.41) is 2.44. The zero-order chi connectivity index (χ0) is 31.9. The number of rotatable bonds is 7. The Kier molecular flexibility index (Phi) is 7.34. The van der Waals surface area contributed by atoms with Gasteiger partial charge >= 0.3 is 0 Å². The van der Waals surface area contributed by atoms with E-state index in [-0.39, 0.29) is 0 Å². The van der Waals surface area contributed by atoms with E-state index in [1.807, 2.05) is 34.9 Å². The second-order valence-corrected chi connectivity index (χ2v) is 14.1. The van der Waals surface area contributed by atoms with Gasteiger partial charge in [-0.05, 0) is 95.8 Å². The van der Waals surface area contributed by atoms with E-state index >= 15 is 0 Å². The lowest BCUT2D eigenvalue weighted by Gasteiger charge is -2.24. The summed E-state index contributed by atoms with van der Waals surface area (Å²) in [7, 11) is 0. The molecule has 1 aliphatic rings. The van der Waals surface area contributed by atoms with Crippen LogP contribution < -0.4 is 4.90 Å². The van der Waals surface area contributed by atoms with E-state index in [1.165, 1.54) is 58.1 Å². The molecule has 0 amide bonds. The number of pyridine rings is 1. The number of benzene rings is 4. The predicted octanol–water partition coefficient (Wildman–Crippen LogP) is 12.8. The van der Waals surface area contributed by atoms with Gasteiger partial charge in [0, 0.05) is 32.7 Å². The summed E-state index contributed by atoms with van der Waals surface area (Å²) in [5.74, 6) is 0.938. The maximum Gasteiger partial charge on any atom is 0.137 e. The van der Waals surface area contributed by atoms with E-state index in [4.69, 9.17) is 4.98 Å². The lowest BCUT2D eigenvalue weighted by Crippen LogP contribution is -2.08. The number of para-hydroxylation sites is 1. The Balaban J connectivity index is 1.13. The molecule has 4 heterocycles. The molecule has 0 fully saturated rings. The van der Waals surface area contributed by atoms with Gasteiger partial charge in [-0.15, -0.1) is 22.7 Å². The third-order valence-electron chi connectivity index (χ3n) is 9.02. The summed E-state index contributed by atoms with van der Waals surface area (Å²) in [4.78, 5) is 9.62. The first kappa shape index (κ1) is 28.7. The largest absolute Gasteiger partial charge is 0.302 e. The SMILES string of the molecule is C1=CCCC(c2ccc(N(c3ccc(-c4ccccc4)cc3)c3ccc(-c4cc5c(s4)c4ccccc4n5-c4ccccn4)s3)cc2)=C1. The molecule has 4 aromatic carbocycles. The fourth-order valence-electron chi connectivity index (χ4n) is 6.67. The highest BCUT2D eigenvalue weighted by Gasteiger charge is 2.20. The second kappa shape index (κ2) is 12.3. The van der Waals surface area contributed by atoms with Crippen molar-refractivity contribution in [2.45, 2.75) is 12.8 Å². The smallest absolute Gasteiger partial charge is 0.137 e. The van der Waals surface area contributed by atoms with E-state index in [0.717, 1.165) is 30.0 Å². The molecule has 0 aliphatic heterocycles. The van der Waals surface area contributed by atoms with Gasteiger partial charge in [0.2, 0.25) is 0 Å². The van der Waals surface area contributed by atoms with Crippen molar-refractivity contribution in [3.05, 3.63) is 170 Å². The average molecular weight is 654 g/mol. The molecule has 8 aromatic rings. The maximum atomic E-state index is 4.72. The molecule has 0 bridgehead atoms. The van der Waals surface area contributed by atoms with Crippen LogP contribution in [0.2, 0.25) is 0 Å². The van der Waals surface area contributed by atoms with Crippen LogP contribution in [0.3, 0.4) is 0 Å². The van der Waals surface area contributed by atoms with Crippen molar-refractivity contribution in [1.82, 2.24) is 9.55 Å². The average Bonchev–Trinajstić information content (AvgIpc) is 3.89. The zero-order valence-corrected chi connectivity index (χ0v) is 27.8. The summed E-state index contributed by atoms with van der Waals surface area (Å²) < 4.78 is 3.58. The van der Waals surface area contributed by atoms with Crippen LogP contribution in [0.4, 0.5) is 16.4 Å². The van der Waals surface area contributed by atoms with Crippen LogP contribution in [0.1, 0.15) is 18.4 Å². The van der Waals surface area contributed by atoms with Crippen molar-refractivity contribution in [2.75, 3.05) is 4.90 Å². The molecule has 0 N–H and O–H groups in total. The minimum absolute atomic E-state index is 0.938. The molecule has 0 radical (unpaired) electrons. The topological polar surface area (TPSA) is 21.1 Å². The Labute approximate surface area is 288 Å². The standard InChI is InChI=1S/C43H31N3S2/c1-3-11-30(12-4-1)32-18-22-34(23-19-32)45(35-24-20-33(21-25-35)31-13-5-2-6-14-31)42-27-26-39(47-42)40-29-38-43(48-40)36-15-7-8-16-37(36)46(38)41-17-9-10-28-44-41/h1-5,7-13,15-29H,6,14H2. The fraction of sp³-hybridized carbons (Fsp3) is 0.0465. The molecule has 0 saturated carbocycles. The number of hydrogen-bond acceptors (Lipinski definition) is 4. The lowest BCUT2D eigenvalue weighted by molar-refractivity contribution is 1.05. The van der Waals surface area contributed by atoms with Crippen LogP contribution >= 0.6 is 22.7 Å². The Morgan fingerprint density at radius 3 is 2.08 bits per heavy atom. The monoisotopic (exact) mass is 653 g/mol. The maximum absolute atomic E-state index is 4.72. The summed E-state index contributed by atoms with van der Waals surface area (Å²) in [5.41, 5.74) is 9.79. The van der Waals surface area contributed by atoms with Crippen molar-refractivity contribution in [3.8, 4) is 26.7 Å². The molecular formula is C43H31N3S2. The van der Waals surface area contributed by atoms with Gasteiger partial charge in [-0.2, -0.15) is 0 Å². The summed E-state index contributed by atoms with van der Waals surface area (Å²) in [6, 6.07) is 50.2. The van der Waals surface area contributed by atoms with Gasteiger partial charge in [-0.25, -0.2) is 4.98 Å². The number of fused-ring (bicyclic) bond motifs is 3. The summed E-state index contributed by atoms with van der Waals surface area (Å²) >= 11 is 3.69. The highest BCUT2D eigenvalue weighted by atomic mass is 32.1. The number of hydrogen-bond donors (Lipinski definition) is 0. The van der Waals surface area contributed by atoms with Gasteiger partial charge < -0.3 is 4.90 Å². The lowest BCUT2D eigenvalue weighted by atomic mass is 9.97. The highest BCUT2D eigenvalue weighted by Crippen LogP contribution is 2.47. The first-order valence-corrected chi connectivity index (χ1v) is 17.9. The van der Waals surface area contributed by atoms with Gasteiger partial charge in [0.05, 0.1) is 15.7 Å². The van der Waals surface area contributed by atoms with Gasteiger partial charge in [0.25, 0.3) is 0 Å². The second-order valence-electron chi connectivity index (χ2n) is 12.0. The quantitative estimate of drug-likeness (QED) is 0.171. The minimum Gasteiger partial charge on any atom is -0.302 e. The van der Waals surface area contributed by atoms with Crippen LogP contribution in [-0.2, 0) is 0 Å². The summed E-state index contributed by atoms with van der Waals surface area (Å²) in [6.45, 7) is 0. The Hall–Kier alpha value is -5.49. The Bertz CT molecular complexity index is 2430. The molecule has 0 unspecified atom stereocenters. The number of nitrogens with zero attached hydrogens (tertiary/aromatic N) is 3. The van der Waals surface area contributed by atoms with Crippen LogP contribution in [0, 0.1) is 0 Å². The third kappa shape index (κ3) is 5.18. The van der Waals surface area contributed by atoms with Gasteiger partial charge in [-0.3, -0.25) is 4.57 Å². The zero-order valence-electron chi connectivity index (χ0n) is 26.2. The van der Waals surface area contributed by atoms with Crippen molar-refractivity contribution >= 4 is 65.7 Å². The first-order chi connectivity index (χ1) is 23.8. The van der Waals surface area contributed by atoms with Gasteiger partial charge in [-0.1, -0.05) is 97.1 Å². The van der Waals surface area contributed by atoms with Crippen LogP contribution in [0.5, 0.6) is 0 Å². The number of thiophene rings is 2. The molecule has 1 aliphatic carbocycles. The number of aromatic nitrogens is 2. The van der Waals surface area contributed by atoms with Crippen LogP contribution in [0.15, 0.2) is 164 Å². The molecule has 0 atom stereocenters. The van der Waals surface area contributed by atoms with Gasteiger partial charge in [0.15, 0.2) is 0 Å². The van der Waals surface area contributed by atoms with Crippen molar-refractivity contribution < 1.29 is 0 Å². The van der Waals surface area contributed by atoms with E-state index in [1.54, 1.807) is 0 Å². The molecule has 48 heavy (non-hydrogen) atoms. The predicted molar refractivity (Wildman–Crippen MR) is 206 cm³/mol. The molecule has 0 spiro atoms. The first-order valence-electron chi connectivity index (χ1n) is 16.3. The fourth-order valence-corrected chi connectivity index (χ4v) is 8.98. The van der Waals surface area contributed by atoms with E-state index in [0.29, 0.717) is 0 Å².